The summed E-state index contributed by atoms with van der Waals surface area (Å²) < 4.78 is 18.7. The van der Waals surface area contributed by atoms with Crippen LogP contribution < -0.4 is 5.32 Å². The molecule has 0 aliphatic carbocycles. The molecule has 0 saturated carbocycles. The molecule has 128 valence electrons. The highest BCUT2D eigenvalue weighted by atomic mass is 19.1. The van der Waals surface area contributed by atoms with Gasteiger partial charge in [-0.2, -0.15) is 0 Å². The number of amides is 1. The summed E-state index contributed by atoms with van der Waals surface area (Å²) in [5.41, 5.74) is 1.89. The first-order valence-corrected chi connectivity index (χ1v) is 8.26. The molecular formula is C21H20FNO2. The van der Waals surface area contributed by atoms with Crippen molar-refractivity contribution in [1.82, 2.24) is 5.32 Å². The van der Waals surface area contributed by atoms with Crippen LogP contribution in [0.25, 0.3) is 0 Å². The summed E-state index contributed by atoms with van der Waals surface area (Å²) in [5.74, 6) is 0.0545. The number of hydrogen-bond donors (Lipinski definition) is 1. The van der Waals surface area contributed by atoms with Crippen LogP contribution in [0.2, 0.25) is 0 Å². The van der Waals surface area contributed by atoms with Crippen molar-refractivity contribution in [2.24, 2.45) is 0 Å². The Labute approximate surface area is 146 Å². The maximum Gasteiger partial charge on any atom is 0.221 e. The van der Waals surface area contributed by atoms with Gasteiger partial charge < -0.3 is 9.73 Å². The van der Waals surface area contributed by atoms with Crippen LogP contribution in [0.1, 0.15) is 42.2 Å². The van der Waals surface area contributed by atoms with Crippen molar-refractivity contribution in [3.8, 4) is 0 Å². The maximum atomic E-state index is 13.2. The highest BCUT2D eigenvalue weighted by Crippen LogP contribution is 2.29. The predicted molar refractivity (Wildman–Crippen MR) is 94.6 cm³/mol. The van der Waals surface area contributed by atoms with Crippen molar-refractivity contribution in [2.45, 2.75) is 25.3 Å². The number of carbonyl (C=O) groups excluding carboxylic acids is 1. The van der Waals surface area contributed by atoms with Crippen molar-refractivity contribution < 1.29 is 13.6 Å². The number of halogens is 1. The van der Waals surface area contributed by atoms with Gasteiger partial charge in [-0.25, -0.2) is 4.39 Å². The monoisotopic (exact) mass is 337 g/mol. The van der Waals surface area contributed by atoms with Gasteiger partial charge >= 0.3 is 0 Å². The minimum absolute atomic E-state index is 0.0814. The van der Waals surface area contributed by atoms with Crippen LogP contribution in [-0.4, -0.2) is 5.91 Å². The molecule has 0 spiro atoms. The topological polar surface area (TPSA) is 42.2 Å². The van der Waals surface area contributed by atoms with E-state index in [0.717, 1.165) is 11.1 Å². The molecule has 4 heteroatoms. The third-order valence-corrected chi connectivity index (χ3v) is 4.23. The number of nitrogens with one attached hydrogen (secondary N) is 1. The zero-order valence-electron chi connectivity index (χ0n) is 14.0. The van der Waals surface area contributed by atoms with Gasteiger partial charge in [0, 0.05) is 6.42 Å². The Morgan fingerprint density at radius 3 is 2.36 bits per heavy atom. The normalized spacial score (nSPS) is 13.2. The molecule has 0 saturated heterocycles. The largest absolute Gasteiger partial charge is 0.469 e. The van der Waals surface area contributed by atoms with Gasteiger partial charge in [0.15, 0.2) is 0 Å². The molecule has 1 amide bonds. The van der Waals surface area contributed by atoms with E-state index < -0.39 is 0 Å². The molecule has 1 aromatic heterocycles. The highest BCUT2D eigenvalue weighted by molar-refractivity contribution is 5.77. The maximum absolute atomic E-state index is 13.2. The quantitative estimate of drug-likeness (QED) is 0.701. The van der Waals surface area contributed by atoms with Crippen LogP contribution in [0.15, 0.2) is 77.4 Å². The van der Waals surface area contributed by atoms with Gasteiger partial charge in [-0.1, -0.05) is 42.5 Å². The minimum Gasteiger partial charge on any atom is -0.469 e. The van der Waals surface area contributed by atoms with Gasteiger partial charge in [-0.05, 0) is 42.3 Å². The molecule has 0 aliphatic rings. The van der Waals surface area contributed by atoms with Gasteiger partial charge in [0.1, 0.15) is 11.6 Å². The Bertz CT molecular complexity index is 798. The summed E-state index contributed by atoms with van der Waals surface area (Å²) in [6.45, 7) is 1.95. The molecule has 2 atom stereocenters. The van der Waals surface area contributed by atoms with Gasteiger partial charge in [0.25, 0.3) is 0 Å². The first-order chi connectivity index (χ1) is 12.1. The first kappa shape index (κ1) is 17.0. The Balaban J connectivity index is 1.74. The average Bonchev–Trinajstić information content (AvgIpc) is 3.15. The van der Waals surface area contributed by atoms with E-state index in [0.29, 0.717) is 5.76 Å². The van der Waals surface area contributed by atoms with Gasteiger partial charge in [0.05, 0.1) is 18.2 Å². The Kier molecular flexibility index (Phi) is 5.29. The molecule has 3 nitrogen and oxygen atoms in total. The molecule has 0 aliphatic heterocycles. The molecule has 1 heterocycles. The lowest BCUT2D eigenvalue weighted by atomic mass is 9.92. The predicted octanol–water partition coefficient (Wildman–Crippen LogP) is 4.82. The number of rotatable bonds is 6. The van der Waals surface area contributed by atoms with Crippen molar-refractivity contribution in [1.29, 1.82) is 0 Å². The van der Waals surface area contributed by atoms with Crippen LogP contribution >= 0.6 is 0 Å². The van der Waals surface area contributed by atoms with Crippen LogP contribution in [-0.2, 0) is 4.79 Å². The van der Waals surface area contributed by atoms with Crippen LogP contribution in [0.5, 0.6) is 0 Å². The molecule has 2 aromatic carbocycles. The molecule has 0 fully saturated rings. The molecule has 0 unspecified atom stereocenters. The number of hydrogen-bond acceptors (Lipinski definition) is 2. The number of carbonyl (C=O) groups is 1. The first-order valence-electron chi connectivity index (χ1n) is 8.26. The molecule has 1 N–H and O–H groups in total. The highest BCUT2D eigenvalue weighted by Gasteiger charge is 2.22. The van der Waals surface area contributed by atoms with Crippen molar-refractivity contribution >= 4 is 5.91 Å². The third kappa shape index (κ3) is 4.35. The smallest absolute Gasteiger partial charge is 0.221 e. The van der Waals surface area contributed by atoms with E-state index in [1.807, 2.05) is 43.3 Å². The molecule has 0 radical (unpaired) electrons. The van der Waals surface area contributed by atoms with Gasteiger partial charge in [-0.15, -0.1) is 0 Å². The van der Waals surface area contributed by atoms with E-state index in [1.165, 1.54) is 12.1 Å². The fourth-order valence-electron chi connectivity index (χ4n) is 2.88. The lowest BCUT2D eigenvalue weighted by molar-refractivity contribution is -0.122. The molecule has 3 aromatic rings. The van der Waals surface area contributed by atoms with E-state index in [-0.39, 0.29) is 30.1 Å². The van der Waals surface area contributed by atoms with E-state index >= 15 is 0 Å². The summed E-state index contributed by atoms with van der Waals surface area (Å²) in [5, 5.41) is 3.02. The third-order valence-electron chi connectivity index (χ3n) is 4.23. The summed E-state index contributed by atoms with van der Waals surface area (Å²) in [7, 11) is 0. The SMILES string of the molecule is C[C@@H](NC(=O)C[C@@H](c1ccc(F)cc1)c1ccco1)c1ccccc1. The fourth-order valence-corrected chi connectivity index (χ4v) is 2.88. The molecule has 3 rings (SSSR count). The summed E-state index contributed by atoms with van der Waals surface area (Å²) in [6, 6.07) is 19.5. The van der Waals surface area contributed by atoms with E-state index in [9.17, 15) is 9.18 Å². The average molecular weight is 337 g/mol. The summed E-state index contributed by atoms with van der Waals surface area (Å²) >= 11 is 0. The molecule has 25 heavy (non-hydrogen) atoms. The van der Waals surface area contributed by atoms with Crippen molar-refractivity contribution in [3.63, 3.8) is 0 Å². The molecule has 0 bridgehead atoms. The fraction of sp³-hybridized carbons (Fsp3) is 0.190. The summed E-state index contributed by atoms with van der Waals surface area (Å²) in [6.07, 6.45) is 1.81. The Morgan fingerprint density at radius 1 is 1.00 bits per heavy atom. The standard InChI is InChI=1S/C21H20FNO2/c1-15(16-6-3-2-4-7-16)23-21(24)14-19(20-8-5-13-25-20)17-9-11-18(22)12-10-17/h2-13,15,19H,14H2,1H3,(H,23,24)/t15-,19+/m1/s1. The van der Waals surface area contributed by atoms with Crippen molar-refractivity contribution in [3.05, 3.63) is 95.7 Å². The van der Waals surface area contributed by atoms with E-state index in [4.69, 9.17) is 4.42 Å². The lowest BCUT2D eigenvalue weighted by Crippen LogP contribution is -2.28. The van der Waals surface area contributed by atoms with E-state index in [2.05, 4.69) is 5.32 Å². The lowest BCUT2D eigenvalue weighted by Gasteiger charge is -2.18. The Morgan fingerprint density at radius 2 is 1.72 bits per heavy atom. The summed E-state index contributed by atoms with van der Waals surface area (Å²) in [4.78, 5) is 12.5. The minimum atomic E-state index is -0.302. The van der Waals surface area contributed by atoms with Gasteiger partial charge in [0.2, 0.25) is 5.91 Å². The molecular weight excluding hydrogens is 317 g/mol. The second-order valence-corrected chi connectivity index (χ2v) is 6.02. The Hall–Kier alpha value is -2.88. The van der Waals surface area contributed by atoms with Gasteiger partial charge in [-0.3, -0.25) is 4.79 Å². The van der Waals surface area contributed by atoms with Crippen LogP contribution in [0.3, 0.4) is 0 Å². The second kappa shape index (κ2) is 7.79. The van der Waals surface area contributed by atoms with Crippen LogP contribution in [0, 0.1) is 5.82 Å². The zero-order valence-corrected chi connectivity index (χ0v) is 14.0. The van der Waals surface area contributed by atoms with E-state index in [1.54, 1.807) is 24.5 Å². The number of benzene rings is 2. The van der Waals surface area contributed by atoms with Crippen LogP contribution in [0.4, 0.5) is 4.39 Å². The zero-order chi connectivity index (χ0) is 17.6. The number of furan rings is 1. The van der Waals surface area contributed by atoms with Crippen molar-refractivity contribution in [2.75, 3.05) is 0 Å². The second-order valence-electron chi connectivity index (χ2n) is 6.02.